The van der Waals surface area contributed by atoms with Crippen LogP contribution < -0.4 is 9.88 Å². The molecule has 0 saturated carbocycles. The van der Waals surface area contributed by atoms with Crippen LogP contribution >= 0.6 is 0 Å². The Labute approximate surface area is 100 Å². The van der Waals surface area contributed by atoms with Crippen LogP contribution in [0.25, 0.3) is 0 Å². The van der Waals surface area contributed by atoms with Crippen LogP contribution in [-0.2, 0) is 17.2 Å². The van der Waals surface area contributed by atoms with Gasteiger partial charge in [-0.25, -0.2) is 4.57 Å². The molecule has 94 valence electrons. The van der Waals surface area contributed by atoms with E-state index in [0.29, 0.717) is 5.56 Å². The standard InChI is InChI=1S/C10H14N2O4S/c1-12-6-2-4-9(8-12)10(13)11-5-3-7-17(14,15)16/h2,4,6,8H,3,5,7H2,1H3,(H-,11,13,14,15,16)/p+1. The van der Waals surface area contributed by atoms with Crippen molar-refractivity contribution in [1.82, 2.24) is 5.32 Å². The number of carbonyl (C=O) groups is 1. The summed E-state index contributed by atoms with van der Waals surface area (Å²) in [5.41, 5.74) is 0.502. The fourth-order valence-electron chi connectivity index (χ4n) is 1.28. The fourth-order valence-corrected chi connectivity index (χ4v) is 1.79. The molecular weight excluding hydrogens is 244 g/mol. The second-order valence-corrected chi connectivity index (χ2v) is 5.23. The topological polar surface area (TPSA) is 87.4 Å². The van der Waals surface area contributed by atoms with Crippen LogP contribution in [0.2, 0.25) is 0 Å². The highest BCUT2D eigenvalue weighted by Gasteiger charge is 2.09. The van der Waals surface area contributed by atoms with Crippen LogP contribution in [0.1, 0.15) is 16.8 Å². The van der Waals surface area contributed by atoms with E-state index in [4.69, 9.17) is 4.55 Å². The molecule has 0 saturated heterocycles. The number of carbonyl (C=O) groups excluding carboxylic acids is 1. The van der Waals surface area contributed by atoms with E-state index in [1.165, 1.54) is 0 Å². The molecule has 1 aromatic rings. The molecule has 7 heteroatoms. The van der Waals surface area contributed by atoms with Gasteiger partial charge in [0.05, 0.1) is 5.75 Å². The van der Waals surface area contributed by atoms with E-state index in [0.717, 1.165) is 0 Å². The van der Waals surface area contributed by atoms with Gasteiger partial charge in [-0.15, -0.1) is 0 Å². The molecule has 0 fully saturated rings. The summed E-state index contributed by atoms with van der Waals surface area (Å²) in [5, 5.41) is 2.57. The van der Waals surface area contributed by atoms with E-state index in [-0.39, 0.29) is 24.6 Å². The van der Waals surface area contributed by atoms with Crippen molar-refractivity contribution in [2.24, 2.45) is 7.05 Å². The van der Waals surface area contributed by atoms with Gasteiger partial charge in [-0.05, 0) is 12.5 Å². The Hall–Kier alpha value is -1.47. The van der Waals surface area contributed by atoms with E-state index < -0.39 is 10.1 Å². The predicted molar refractivity (Wildman–Crippen MR) is 61.0 cm³/mol. The number of aryl methyl sites for hydroxylation is 1. The molecule has 0 aliphatic carbocycles. The maximum atomic E-state index is 11.6. The molecule has 0 radical (unpaired) electrons. The molecule has 2 N–H and O–H groups in total. The first kappa shape index (κ1) is 13.6. The zero-order valence-corrected chi connectivity index (χ0v) is 10.3. The van der Waals surface area contributed by atoms with Crippen molar-refractivity contribution < 1.29 is 22.3 Å². The Morgan fingerprint density at radius 2 is 2.24 bits per heavy atom. The molecule has 0 aliphatic rings. The molecule has 0 unspecified atom stereocenters. The lowest BCUT2D eigenvalue weighted by Crippen LogP contribution is -2.31. The first-order chi connectivity index (χ1) is 7.88. The number of hydrogen-bond donors (Lipinski definition) is 2. The van der Waals surface area contributed by atoms with Crippen LogP contribution in [-0.4, -0.2) is 31.2 Å². The molecule has 0 spiro atoms. The third-order valence-electron chi connectivity index (χ3n) is 2.07. The number of aromatic nitrogens is 1. The Balaban J connectivity index is 2.41. The van der Waals surface area contributed by atoms with E-state index >= 15 is 0 Å². The smallest absolute Gasteiger partial charge is 0.264 e. The number of pyridine rings is 1. The minimum Gasteiger partial charge on any atom is -0.352 e. The van der Waals surface area contributed by atoms with Crippen molar-refractivity contribution in [2.75, 3.05) is 12.3 Å². The van der Waals surface area contributed by atoms with Crippen molar-refractivity contribution in [1.29, 1.82) is 0 Å². The summed E-state index contributed by atoms with van der Waals surface area (Å²) in [6, 6.07) is 3.41. The normalized spacial score (nSPS) is 11.2. The number of nitrogens with one attached hydrogen (secondary N) is 1. The van der Waals surface area contributed by atoms with Crippen molar-refractivity contribution in [2.45, 2.75) is 6.42 Å². The van der Waals surface area contributed by atoms with Crippen LogP contribution in [0.5, 0.6) is 0 Å². The largest absolute Gasteiger partial charge is 0.352 e. The summed E-state index contributed by atoms with van der Waals surface area (Å²) in [5.74, 6) is -0.618. The predicted octanol–water partition coefficient (Wildman–Crippen LogP) is -0.481. The highest BCUT2D eigenvalue weighted by atomic mass is 32.2. The summed E-state index contributed by atoms with van der Waals surface area (Å²) in [7, 11) is -2.15. The van der Waals surface area contributed by atoms with E-state index in [1.54, 1.807) is 36.1 Å². The van der Waals surface area contributed by atoms with Crippen LogP contribution in [0.3, 0.4) is 0 Å². The quantitative estimate of drug-likeness (QED) is 0.425. The maximum absolute atomic E-state index is 11.6. The van der Waals surface area contributed by atoms with Crippen LogP contribution in [0.15, 0.2) is 24.5 Å². The van der Waals surface area contributed by atoms with Crippen LogP contribution in [0, 0.1) is 0 Å². The SMILES string of the molecule is C[n+]1cccc(C(=O)NCCCS(=O)(=O)O)c1. The Bertz CT molecular complexity index is 499. The first-order valence-electron chi connectivity index (χ1n) is 5.07. The third-order valence-corrected chi connectivity index (χ3v) is 2.87. The lowest BCUT2D eigenvalue weighted by atomic mass is 10.2. The van der Waals surface area contributed by atoms with Gasteiger partial charge in [0.2, 0.25) is 0 Å². The van der Waals surface area contributed by atoms with Gasteiger partial charge < -0.3 is 5.32 Å². The van der Waals surface area contributed by atoms with Crippen molar-refractivity contribution in [3.8, 4) is 0 Å². The molecule has 1 heterocycles. The maximum Gasteiger partial charge on any atom is 0.264 e. The van der Waals surface area contributed by atoms with Gasteiger partial charge in [-0.3, -0.25) is 9.35 Å². The first-order valence-corrected chi connectivity index (χ1v) is 6.68. The van der Waals surface area contributed by atoms with E-state index in [2.05, 4.69) is 5.32 Å². The monoisotopic (exact) mass is 259 g/mol. The Kier molecular flexibility index (Phi) is 4.59. The summed E-state index contributed by atoms with van der Waals surface area (Å²) >= 11 is 0. The molecular formula is C10H15N2O4S+. The highest BCUT2D eigenvalue weighted by Crippen LogP contribution is 1.94. The summed E-state index contributed by atoms with van der Waals surface area (Å²) in [4.78, 5) is 11.6. The van der Waals surface area contributed by atoms with Gasteiger partial charge in [0, 0.05) is 12.6 Å². The molecule has 0 aromatic carbocycles. The highest BCUT2D eigenvalue weighted by molar-refractivity contribution is 7.85. The molecule has 17 heavy (non-hydrogen) atoms. The van der Waals surface area contributed by atoms with Gasteiger partial charge in [-0.2, -0.15) is 8.42 Å². The number of hydrogen-bond acceptors (Lipinski definition) is 3. The molecule has 1 aromatic heterocycles. The van der Waals surface area contributed by atoms with Gasteiger partial charge in [0.15, 0.2) is 12.4 Å². The average molecular weight is 259 g/mol. The second-order valence-electron chi connectivity index (χ2n) is 3.65. The fraction of sp³-hybridized carbons (Fsp3) is 0.400. The van der Waals surface area contributed by atoms with Gasteiger partial charge in [0.25, 0.3) is 16.0 Å². The zero-order chi connectivity index (χ0) is 12.9. The van der Waals surface area contributed by atoms with Crippen molar-refractivity contribution >= 4 is 16.0 Å². The van der Waals surface area contributed by atoms with Crippen molar-refractivity contribution in [3.63, 3.8) is 0 Å². The lowest BCUT2D eigenvalue weighted by Gasteiger charge is -2.03. The zero-order valence-electron chi connectivity index (χ0n) is 9.46. The average Bonchev–Trinajstić information content (AvgIpc) is 2.23. The Morgan fingerprint density at radius 1 is 1.53 bits per heavy atom. The summed E-state index contributed by atoms with van der Waals surface area (Å²) in [6.07, 6.45) is 3.65. The van der Waals surface area contributed by atoms with E-state index in [1.807, 2.05) is 0 Å². The second kappa shape index (κ2) is 5.74. The Morgan fingerprint density at radius 3 is 2.82 bits per heavy atom. The summed E-state index contributed by atoms with van der Waals surface area (Å²) < 4.78 is 31.1. The minimum atomic E-state index is -3.95. The molecule has 1 amide bonds. The molecule has 6 nitrogen and oxygen atoms in total. The molecule has 0 aliphatic heterocycles. The van der Waals surface area contributed by atoms with Crippen molar-refractivity contribution in [3.05, 3.63) is 30.1 Å². The lowest BCUT2D eigenvalue weighted by molar-refractivity contribution is -0.671. The summed E-state index contributed by atoms with van der Waals surface area (Å²) in [6.45, 7) is 0.206. The third kappa shape index (κ3) is 5.41. The minimum absolute atomic E-state index is 0.184. The van der Waals surface area contributed by atoms with Gasteiger partial charge in [0.1, 0.15) is 12.6 Å². The number of nitrogens with zero attached hydrogens (tertiary/aromatic N) is 1. The van der Waals surface area contributed by atoms with Gasteiger partial charge in [-0.1, -0.05) is 0 Å². The molecule has 0 atom stereocenters. The number of rotatable bonds is 5. The molecule has 1 rings (SSSR count). The van der Waals surface area contributed by atoms with Crippen LogP contribution in [0.4, 0.5) is 0 Å². The number of amides is 1. The molecule has 0 bridgehead atoms. The van der Waals surface area contributed by atoms with Gasteiger partial charge >= 0.3 is 0 Å². The van der Waals surface area contributed by atoms with E-state index in [9.17, 15) is 13.2 Å².